The van der Waals surface area contributed by atoms with Gasteiger partial charge in [-0.05, 0) is 31.4 Å². The van der Waals surface area contributed by atoms with Crippen molar-refractivity contribution in [3.05, 3.63) is 34.9 Å². The molecule has 2 saturated heterocycles. The number of ether oxygens (including phenoxy) is 2. The summed E-state index contributed by atoms with van der Waals surface area (Å²) in [6.07, 6.45) is 2.99. The topological polar surface area (TPSA) is 38.8 Å². The van der Waals surface area contributed by atoms with Crippen LogP contribution in [0.15, 0.2) is 18.2 Å². The highest BCUT2D eigenvalue weighted by atomic mass is 16.7. The molecule has 0 N–H and O–H groups in total. The third-order valence-corrected chi connectivity index (χ3v) is 4.80. The van der Waals surface area contributed by atoms with Gasteiger partial charge in [0.2, 0.25) is 5.91 Å². The van der Waals surface area contributed by atoms with Gasteiger partial charge in [0.1, 0.15) is 0 Å². The van der Waals surface area contributed by atoms with Crippen molar-refractivity contribution in [3.63, 3.8) is 0 Å². The van der Waals surface area contributed by atoms with Crippen molar-refractivity contribution < 1.29 is 14.3 Å². The maximum Gasteiger partial charge on any atom is 0.222 e. The van der Waals surface area contributed by atoms with Crippen LogP contribution in [-0.4, -0.2) is 42.9 Å². The molecular formula is C18H25NO3. The maximum absolute atomic E-state index is 12.4. The van der Waals surface area contributed by atoms with E-state index in [1.165, 1.54) is 16.7 Å². The van der Waals surface area contributed by atoms with Crippen LogP contribution in [0.5, 0.6) is 0 Å². The largest absolute Gasteiger partial charge is 0.347 e. The zero-order valence-corrected chi connectivity index (χ0v) is 13.6. The first-order valence-corrected chi connectivity index (χ1v) is 8.20. The van der Waals surface area contributed by atoms with E-state index in [-0.39, 0.29) is 5.91 Å². The van der Waals surface area contributed by atoms with Crippen molar-refractivity contribution in [3.8, 4) is 0 Å². The van der Waals surface area contributed by atoms with Crippen LogP contribution in [0.25, 0.3) is 0 Å². The van der Waals surface area contributed by atoms with Crippen LogP contribution < -0.4 is 0 Å². The lowest BCUT2D eigenvalue weighted by Gasteiger charge is -2.37. The van der Waals surface area contributed by atoms with Crippen LogP contribution in [0.4, 0.5) is 0 Å². The lowest BCUT2D eigenvalue weighted by Crippen LogP contribution is -2.47. The third-order valence-electron chi connectivity index (χ3n) is 4.80. The number of amides is 1. The van der Waals surface area contributed by atoms with Gasteiger partial charge < -0.3 is 14.4 Å². The SMILES string of the molecule is Cc1ccc(CCC(=O)N2CCC3(CC2)OCCO3)c(C)c1. The van der Waals surface area contributed by atoms with Crippen molar-refractivity contribution in [2.75, 3.05) is 26.3 Å². The molecular weight excluding hydrogens is 278 g/mol. The van der Waals surface area contributed by atoms with E-state index in [4.69, 9.17) is 9.47 Å². The summed E-state index contributed by atoms with van der Waals surface area (Å²) in [5.74, 6) is -0.155. The molecule has 2 aliphatic rings. The van der Waals surface area contributed by atoms with Crippen LogP contribution in [-0.2, 0) is 20.7 Å². The second-order valence-corrected chi connectivity index (χ2v) is 6.42. The summed E-state index contributed by atoms with van der Waals surface area (Å²) < 4.78 is 11.4. The number of piperidine rings is 1. The normalized spacial score (nSPS) is 20.5. The van der Waals surface area contributed by atoms with Crippen molar-refractivity contribution in [2.45, 2.75) is 45.3 Å². The molecule has 0 radical (unpaired) electrons. The number of hydrogen-bond acceptors (Lipinski definition) is 3. The van der Waals surface area contributed by atoms with Crippen molar-refractivity contribution in [2.24, 2.45) is 0 Å². The van der Waals surface area contributed by atoms with E-state index in [0.29, 0.717) is 19.6 Å². The number of benzene rings is 1. The summed E-state index contributed by atoms with van der Waals surface area (Å²) in [4.78, 5) is 14.4. The number of aryl methyl sites for hydroxylation is 3. The fraction of sp³-hybridized carbons (Fsp3) is 0.611. The molecule has 1 spiro atoms. The Labute approximate surface area is 132 Å². The van der Waals surface area contributed by atoms with Crippen molar-refractivity contribution in [1.29, 1.82) is 0 Å². The number of likely N-dealkylation sites (tertiary alicyclic amines) is 1. The molecule has 0 aromatic heterocycles. The van der Waals surface area contributed by atoms with Gasteiger partial charge in [-0.2, -0.15) is 0 Å². The summed E-state index contributed by atoms with van der Waals surface area (Å²) >= 11 is 0. The Bertz CT molecular complexity index is 539. The van der Waals surface area contributed by atoms with Gasteiger partial charge in [0.25, 0.3) is 0 Å². The number of rotatable bonds is 3. The molecule has 0 atom stereocenters. The second kappa shape index (κ2) is 6.39. The smallest absolute Gasteiger partial charge is 0.222 e. The molecule has 0 bridgehead atoms. The Morgan fingerprint density at radius 2 is 1.86 bits per heavy atom. The molecule has 0 unspecified atom stereocenters. The van der Waals surface area contributed by atoms with Gasteiger partial charge in [0.15, 0.2) is 5.79 Å². The molecule has 4 nitrogen and oxygen atoms in total. The lowest BCUT2D eigenvalue weighted by molar-refractivity contribution is -0.187. The van der Waals surface area contributed by atoms with E-state index in [1.807, 2.05) is 4.90 Å². The summed E-state index contributed by atoms with van der Waals surface area (Å²) in [5, 5.41) is 0. The Hall–Kier alpha value is -1.39. The highest BCUT2D eigenvalue weighted by molar-refractivity contribution is 5.76. The third kappa shape index (κ3) is 3.33. The number of carbonyl (C=O) groups excluding carboxylic acids is 1. The maximum atomic E-state index is 12.4. The van der Waals surface area contributed by atoms with E-state index in [9.17, 15) is 4.79 Å². The minimum absolute atomic E-state index is 0.243. The average Bonchev–Trinajstić information content (AvgIpc) is 2.95. The molecule has 3 rings (SSSR count). The number of hydrogen-bond donors (Lipinski definition) is 0. The predicted molar refractivity (Wildman–Crippen MR) is 84.7 cm³/mol. The highest BCUT2D eigenvalue weighted by Crippen LogP contribution is 2.31. The lowest BCUT2D eigenvalue weighted by atomic mass is 10.00. The Balaban J connectivity index is 1.50. The monoisotopic (exact) mass is 303 g/mol. The molecule has 0 aliphatic carbocycles. The van der Waals surface area contributed by atoms with Crippen LogP contribution in [0.3, 0.4) is 0 Å². The molecule has 4 heteroatoms. The standard InChI is InChI=1S/C18H25NO3/c1-14-3-4-16(15(2)13-14)5-6-17(20)19-9-7-18(8-10-19)21-11-12-22-18/h3-4,13H,5-12H2,1-2H3. The van der Waals surface area contributed by atoms with Crippen LogP contribution in [0.1, 0.15) is 36.0 Å². The first-order valence-electron chi connectivity index (χ1n) is 8.20. The number of carbonyl (C=O) groups is 1. The van der Waals surface area contributed by atoms with Crippen LogP contribution in [0, 0.1) is 13.8 Å². The zero-order chi connectivity index (χ0) is 15.6. The highest BCUT2D eigenvalue weighted by Gasteiger charge is 2.40. The van der Waals surface area contributed by atoms with E-state index in [1.54, 1.807) is 0 Å². The fourth-order valence-corrected chi connectivity index (χ4v) is 3.41. The van der Waals surface area contributed by atoms with Gasteiger partial charge in [0.05, 0.1) is 13.2 Å². The summed E-state index contributed by atoms with van der Waals surface area (Å²) in [7, 11) is 0. The van der Waals surface area contributed by atoms with Crippen molar-refractivity contribution >= 4 is 5.91 Å². The Morgan fingerprint density at radius 3 is 2.50 bits per heavy atom. The summed E-state index contributed by atoms with van der Waals surface area (Å²) in [5.41, 5.74) is 3.82. The second-order valence-electron chi connectivity index (χ2n) is 6.42. The van der Waals surface area contributed by atoms with E-state index >= 15 is 0 Å². The van der Waals surface area contributed by atoms with Gasteiger partial charge in [-0.15, -0.1) is 0 Å². The van der Waals surface area contributed by atoms with Crippen LogP contribution >= 0.6 is 0 Å². The molecule has 2 heterocycles. The van der Waals surface area contributed by atoms with Crippen LogP contribution in [0.2, 0.25) is 0 Å². The summed E-state index contributed by atoms with van der Waals surface area (Å²) in [6, 6.07) is 6.44. The number of nitrogens with zero attached hydrogens (tertiary/aromatic N) is 1. The minimum Gasteiger partial charge on any atom is -0.347 e. The molecule has 2 aliphatic heterocycles. The average molecular weight is 303 g/mol. The van der Waals surface area contributed by atoms with E-state index in [0.717, 1.165) is 32.4 Å². The van der Waals surface area contributed by atoms with Gasteiger partial charge in [-0.25, -0.2) is 0 Å². The first kappa shape index (κ1) is 15.5. The Kier molecular flexibility index (Phi) is 4.50. The molecule has 22 heavy (non-hydrogen) atoms. The van der Waals surface area contributed by atoms with E-state index < -0.39 is 5.79 Å². The van der Waals surface area contributed by atoms with Gasteiger partial charge in [-0.3, -0.25) is 4.79 Å². The zero-order valence-electron chi connectivity index (χ0n) is 13.6. The fourth-order valence-electron chi connectivity index (χ4n) is 3.41. The first-order chi connectivity index (χ1) is 10.6. The molecule has 120 valence electrons. The Morgan fingerprint density at radius 1 is 1.18 bits per heavy atom. The molecule has 2 fully saturated rings. The van der Waals surface area contributed by atoms with Gasteiger partial charge in [0, 0.05) is 32.4 Å². The van der Waals surface area contributed by atoms with Gasteiger partial charge >= 0.3 is 0 Å². The predicted octanol–water partition coefficient (Wildman–Crippen LogP) is 2.60. The van der Waals surface area contributed by atoms with Crippen molar-refractivity contribution in [1.82, 2.24) is 4.90 Å². The molecule has 1 aromatic carbocycles. The quantitative estimate of drug-likeness (QED) is 0.861. The van der Waals surface area contributed by atoms with E-state index in [2.05, 4.69) is 32.0 Å². The molecule has 1 amide bonds. The minimum atomic E-state index is -0.398. The summed E-state index contributed by atoms with van der Waals surface area (Å²) in [6.45, 7) is 7.06. The van der Waals surface area contributed by atoms with Gasteiger partial charge in [-0.1, -0.05) is 23.8 Å². The molecule has 1 aromatic rings. The molecule has 0 saturated carbocycles.